The number of para-hydroxylation sites is 1. The summed E-state index contributed by atoms with van der Waals surface area (Å²) in [6, 6.07) is 63.3. The lowest BCUT2D eigenvalue weighted by Crippen LogP contribution is -2.44. The smallest absolute Gasteiger partial charge is 0.407 e. The molecule has 0 saturated carbocycles. The Balaban J connectivity index is 0.954. The number of esters is 1. The van der Waals surface area contributed by atoms with E-state index in [0.29, 0.717) is 17.3 Å². The minimum Gasteiger partial charge on any atom is -0.492 e. The maximum Gasteiger partial charge on any atom is 0.407 e. The summed E-state index contributed by atoms with van der Waals surface area (Å²) in [7, 11) is 0. The van der Waals surface area contributed by atoms with Gasteiger partial charge in [-0.1, -0.05) is 187 Å². The van der Waals surface area contributed by atoms with E-state index in [1.165, 1.54) is 39.2 Å². The van der Waals surface area contributed by atoms with Gasteiger partial charge in [0.05, 0.1) is 22.2 Å². The highest BCUT2D eigenvalue weighted by Crippen LogP contribution is 2.55. The highest BCUT2D eigenvalue weighted by atomic mass is 32.2. The van der Waals surface area contributed by atoms with Crippen molar-refractivity contribution in [2.24, 2.45) is 5.41 Å². The third-order valence-electron chi connectivity index (χ3n) is 13.0. The second-order valence-corrected chi connectivity index (χ2v) is 24.6. The topological polar surface area (TPSA) is 96.0 Å². The molecule has 12 rings (SSSR count). The van der Waals surface area contributed by atoms with Crippen LogP contribution in [0.5, 0.6) is 11.5 Å². The summed E-state index contributed by atoms with van der Waals surface area (Å²) in [6.07, 6.45) is 0.419. The van der Waals surface area contributed by atoms with Crippen LogP contribution in [0.3, 0.4) is 0 Å². The average molecular weight is 1110 g/mol. The number of ether oxygens (including phenoxy) is 4. The number of carbonyl (C=O) groups is 2. The van der Waals surface area contributed by atoms with Gasteiger partial charge in [0.1, 0.15) is 37.9 Å². The van der Waals surface area contributed by atoms with Crippen LogP contribution in [0.1, 0.15) is 0 Å². The van der Waals surface area contributed by atoms with Gasteiger partial charge < -0.3 is 24.3 Å². The number of rotatable bonds is 17. The molecule has 0 saturated heterocycles. The summed E-state index contributed by atoms with van der Waals surface area (Å²) in [5.41, 5.74) is 4.01. The second-order valence-electron chi connectivity index (χ2n) is 18.1. The van der Waals surface area contributed by atoms with Gasteiger partial charge in [-0.05, 0) is 82.2 Å². The zero-order valence-corrected chi connectivity index (χ0v) is 45.6. The number of thioether (sulfide) groups is 1. The molecule has 1 aromatic heterocycles. The molecule has 1 amide bonds. The van der Waals surface area contributed by atoms with E-state index in [1.54, 1.807) is 70.1 Å². The van der Waals surface area contributed by atoms with Crippen LogP contribution in [0.2, 0.25) is 0 Å². The summed E-state index contributed by atoms with van der Waals surface area (Å²) in [4.78, 5) is 40.2. The molecule has 10 aromatic rings. The molecule has 3 heterocycles. The number of nitrogens with zero attached hydrogens (tertiary/aromatic N) is 1. The van der Waals surface area contributed by atoms with Crippen LogP contribution in [-0.4, -0.2) is 55.8 Å². The third-order valence-corrected chi connectivity index (χ3v) is 20.7. The van der Waals surface area contributed by atoms with Gasteiger partial charge in [0.25, 0.3) is 0 Å². The normalized spacial score (nSPS) is 12.5. The molecule has 0 spiro atoms. The highest BCUT2D eigenvalue weighted by Gasteiger charge is 2.37. The summed E-state index contributed by atoms with van der Waals surface area (Å²) < 4.78 is 28.0. The Morgan fingerprint density at radius 2 is 1.07 bits per heavy atom. The van der Waals surface area contributed by atoms with Crippen molar-refractivity contribution in [3.63, 3.8) is 0 Å². The Bertz CT molecular complexity index is 3640. The number of hydrogen-bond acceptors (Lipinski definition) is 13. The molecule has 0 fully saturated rings. The van der Waals surface area contributed by atoms with Crippen molar-refractivity contribution >= 4 is 114 Å². The van der Waals surface area contributed by atoms with Crippen molar-refractivity contribution in [2.75, 3.05) is 38.7 Å². The molecular weight excluding hydrogens is 1060 g/mol. The van der Waals surface area contributed by atoms with Gasteiger partial charge >= 0.3 is 12.1 Å². The minimum absolute atomic E-state index is 0.0443. The van der Waals surface area contributed by atoms with Crippen LogP contribution < -0.4 is 14.8 Å². The number of benzene rings is 9. The van der Waals surface area contributed by atoms with Gasteiger partial charge in [-0.15, -0.1) is 11.3 Å². The summed E-state index contributed by atoms with van der Waals surface area (Å²) in [5, 5.41) is 7.05. The minimum atomic E-state index is -1.000. The molecule has 0 unspecified atom stereocenters. The van der Waals surface area contributed by atoms with E-state index in [-0.39, 0.29) is 33.0 Å². The largest absolute Gasteiger partial charge is 0.492 e. The van der Waals surface area contributed by atoms with Gasteiger partial charge in [-0.2, -0.15) is 0 Å². The molecule has 2 aliphatic rings. The Hall–Kier alpha value is -6.78. The monoisotopic (exact) mass is 1110 g/mol. The highest BCUT2D eigenvalue weighted by molar-refractivity contribution is 8.05. The number of hydrogen-bond donors (Lipinski definition) is 1. The van der Waals surface area contributed by atoms with Gasteiger partial charge in [-0.3, -0.25) is 0 Å². The van der Waals surface area contributed by atoms with Crippen LogP contribution in [0.25, 0.3) is 54.0 Å². The fourth-order valence-electron chi connectivity index (χ4n) is 9.26. The maximum absolute atomic E-state index is 13.8. The first kappa shape index (κ1) is 50.1. The maximum atomic E-state index is 13.8. The van der Waals surface area contributed by atoms with E-state index in [1.807, 2.05) is 18.2 Å². The van der Waals surface area contributed by atoms with Crippen molar-refractivity contribution in [1.29, 1.82) is 0 Å². The molecule has 0 atom stereocenters. The van der Waals surface area contributed by atoms with Crippen molar-refractivity contribution in [3.05, 3.63) is 195 Å². The molecule has 0 aliphatic carbocycles. The Morgan fingerprint density at radius 3 is 1.63 bits per heavy atom. The molecule has 9 aromatic carbocycles. The van der Waals surface area contributed by atoms with Crippen molar-refractivity contribution in [1.82, 2.24) is 10.3 Å². The van der Waals surface area contributed by atoms with E-state index < -0.39 is 17.5 Å². The van der Waals surface area contributed by atoms with E-state index in [0.717, 1.165) is 64.4 Å². The number of alkyl carbamates (subject to hydrolysis) is 1. The van der Waals surface area contributed by atoms with E-state index in [2.05, 4.69) is 176 Å². The Morgan fingerprint density at radius 1 is 0.553 bits per heavy atom. The van der Waals surface area contributed by atoms with Gasteiger partial charge in [0.15, 0.2) is 4.34 Å². The lowest BCUT2D eigenvalue weighted by molar-refractivity contribution is -0.137. The number of nitrogens with one attached hydrogen (secondary N) is 1. The molecule has 1 N–H and O–H groups in total. The summed E-state index contributed by atoms with van der Waals surface area (Å²) in [5.74, 6) is 1.21. The molecule has 14 heteroatoms. The first-order valence-corrected chi connectivity index (χ1v) is 29.6. The van der Waals surface area contributed by atoms with E-state index >= 15 is 0 Å². The standard InChI is InChI=1S/C62H46N2O6S6/c1-2-55(65)67-34-33-63-60(66)70-37-62(38-71-61-64-45-21-7-8-22-48(45)76-61,35-68-46-31-29-39-15-3-5-17-41(39)56(46)43-19-13-27-53-58(43)74-51-25-11-9-23-49(51)72-53)36-69-47-32-30-40-16-4-6-18-42(40)57(47)44-20-14-28-54-59(44)75-52-26-12-10-24-50(52)73-54/h2-32H,1,33-38H2,(H,63,66). The molecule has 8 nitrogen and oxygen atoms in total. The predicted octanol–water partition coefficient (Wildman–Crippen LogP) is 16.9. The van der Waals surface area contributed by atoms with Crippen molar-refractivity contribution in [2.45, 2.75) is 43.5 Å². The predicted molar refractivity (Wildman–Crippen MR) is 312 cm³/mol. The Labute approximate surface area is 465 Å². The fourth-order valence-corrected chi connectivity index (χ4v) is 16.3. The molecule has 76 heavy (non-hydrogen) atoms. The van der Waals surface area contributed by atoms with Crippen LogP contribution in [0.15, 0.2) is 238 Å². The lowest BCUT2D eigenvalue weighted by atomic mass is 9.92. The van der Waals surface area contributed by atoms with Gasteiger partial charge in [0, 0.05) is 73.2 Å². The van der Waals surface area contributed by atoms with E-state index in [9.17, 15) is 9.59 Å². The molecule has 376 valence electrons. The molecule has 0 bridgehead atoms. The van der Waals surface area contributed by atoms with Gasteiger partial charge in [0.2, 0.25) is 0 Å². The van der Waals surface area contributed by atoms with Crippen LogP contribution in [0, 0.1) is 5.41 Å². The van der Waals surface area contributed by atoms with Crippen molar-refractivity contribution < 1.29 is 28.5 Å². The Kier molecular flexibility index (Phi) is 14.8. The van der Waals surface area contributed by atoms with Crippen LogP contribution in [-0.2, 0) is 14.3 Å². The lowest BCUT2D eigenvalue weighted by Gasteiger charge is -2.33. The third kappa shape index (κ3) is 10.5. The fraction of sp³-hybridized carbons (Fsp3) is 0.113. The first-order chi connectivity index (χ1) is 37.4. The zero-order valence-electron chi connectivity index (χ0n) is 40.7. The molecule has 2 aliphatic heterocycles. The van der Waals surface area contributed by atoms with E-state index in [4.69, 9.17) is 23.9 Å². The zero-order chi connectivity index (χ0) is 51.4. The number of aromatic nitrogens is 1. The van der Waals surface area contributed by atoms with Crippen LogP contribution in [0.4, 0.5) is 4.79 Å². The quantitative estimate of drug-likeness (QED) is 0.0407. The van der Waals surface area contributed by atoms with Crippen LogP contribution >= 0.6 is 70.1 Å². The number of carbonyl (C=O) groups excluding carboxylic acids is 2. The number of fused-ring (bicyclic) bond motifs is 7. The average Bonchev–Trinajstić information content (AvgIpc) is 3.93. The summed E-state index contributed by atoms with van der Waals surface area (Å²) in [6.45, 7) is 3.56. The second kappa shape index (κ2) is 22.4. The SMILES string of the molecule is C=CC(=O)OCCNC(=O)OCC(COc1ccc2ccccc2c1-c1cccc2c1Sc1ccccc1S2)(COc1ccc2ccccc2c1-c1cccc2c1Sc1ccccc1S2)CSc1nc2ccccc2s1. The molecular formula is C62H46N2O6S6. The van der Waals surface area contributed by atoms with Crippen molar-refractivity contribution in [3.8, 4) is 33.8 Å². The number of amides is 1. The first-order valence-electron chi connectivity index (χ1n) is 24.5. The molecule has 0 radical (unpaired) electrons. The number of thiazole rings is 1. The summed E-state index contributed by atoms with van der Waals surface area (Å²) >= 11 is 10.3. The van der Waals surface area contributed by atoms with Gasteiger partial charge in [-0.25, -0.2) is 14.6 Å².